The first kappa shape index (κ1) is 20.7. The van der Waals surface area contributed by atoms with Gasteiger partial charge in [-0.25, -0.2) is 0 Å². The van der Waals surface area contributed by atoms with E-state index in [0.717, 1.165) is 25.9 Å². The van der Waals surface area contributed by atoms with Crippen molar-refractivity contribution in [1.82, 2.24) is 10.2 Å². The topological polar surface area (TPSA) is 58.6 Å². The average Bonchev–Trinajstić information content (AvgIpc) is 2.64. The summed E-state index contributed by atoms with van der Waals surface area (Å²) < 4.78 is 5.51. The molecule has 0 spiro atoms. The number of halogens is 1. The summed E-state index contributed by atoms with van der Waals surface area (Å²) in [6.45, 7) is 7.40. The summed E-state index contributed by atoms with van der Waals surface area (Å²) in [7, 11) is 0. The first-order valence-corrected chi connectivity index (χ1v) is 9.75. The zero-order valence-corrected chi connectivity index (χ0v) is 16.4. The van der Waals surface area contributed by atoms with Gasteiger partial charge >= 0.3 is 0 Å². The molecule has 1 unspecified atom stereocenters. The van der Waals surface area contributed by atoms with E-state index in [2.05, 4.69) is 19.2 Å². The molecular formula is C20H29ClN2O3. The maximum Gasteiger partial charge on any atom is 0.253 e. The Kier molecular flexibility index (Phi) is 8.39. The second-order valence-corrected chi connectivity index (χ2v) is 7.65. The van der Waals surface area contributed by atoms with E-state index in [0.29, 0.717) is 42.7 Å². The van der Waals surface area contributed by atoms with E-state index in [1.165, 1.54) is 0 Å². The number of amides is 2. The first-order chi connectivity index (χ1) is 12.5. The smallest absolute Gasteiger partial charge is 0.253 e. The molecule has 1 saturated heterocycles. The van der Waals surface area contributed by atoms with Crippen LogP contribution in [-0.2, 0) is 9.53 Å². The summed E-state index contributed by atoms with van der Waals surface area (Å²) in [5, 5.41) is 3.58. The number of piperidine rings is 1. The van der Waals surface area contributed by atoms with E-state index < -0.39 is 0 Å². The summed E-state index contributed by atoms with van der Waals surface area (Å²) in [6, 6.07) is 6.88. The van der Waals surface area contributed by atoms with Gasteiger partial charge in [0.05, 0.1) is 5.92 Å². The molecule has 0 bridgehead atoms. The molecule has 6 heteroatoms. The zero-order chi connectivity index (χ0) is 18.9. The number of hydrogen-bond donors (Lipinski definition) is 1. The Morgan fingerprint density at radius 1 is 1.31 bits per heavy atom. The molecule has 2 amide bonds. The molecule has 0 aromatic heterocycles. The van der Waals surface area contributed by atoms with Crippen molar-refractivity contribution in [3.63, 3.8) is 0 Å². The van der Waals surface area contributed by atoms with Gasteiger partial charge in [0.2, 0.25) is 5.91 Å². The second-order valence-electron chi connectivity index (χ2n) is 7.21. The van der Waals surface area contributed by atoms with Crippen LogP contribution in [0.4, 0.5) is 0 Å². The minimum absolute atomic E-state index is 0.0301. The highest BCUT2D eigenvalue weighted by Gasteiger charge is 2.28. The minimum atomic E-state index is -0.142. The monoisotopic (exact) mass is 380 g/mol. The molecule has 1 aromatic carbocycles. The molecule has 1 aliphatic rings. The van der Waals surface area contributed by atoms with Crippen molar-refractivity contribution in [2.75, 3.05) is 32.8 Å². The third kappa shape index (κ3) is 6.61. The molecular weight excluding hydrogens is 352 g/mol. The van der Waals surface area contributed by atoms with Crippen molar-refractivity contribution in [3.05, 3.63) is 34.9 Å². The lowest BCUT2D eigenvalue weighted by molar-refractivity contribution is -0.126. The predicted molar refractivity (Wildman–Crippen MR) is 103 cm³/mol. The van der Waals surface area contributed by atoms with E-state index in [-0.39, 0.29) is 17.7 Å². The van der Waals surface area contributed by atoms with Crippen LogP contribution in [-0.4, -0.2) is 49.6 Å². The quantitative estimate of drug-likeness (QED) is 0.703. The number of benzene rings is 1. The van der Waals surface area contributed by atoms with Gasteiger partial charge in [0, 0.05) is 43.4 Å². The van der Waals surface area contributed by atoms with Crippen molar-refractivity contribution in [2.45, 2.75) is 33.1 Å². The van der Waals surface area contributed by atoms with Crippen LogP contribution >= 0.6 is 11.6 Å². The van der Waals surface area contributed by atoms with E-state index in [9.17, 15) is 9.59 Å². The zero-order valence-electron chi connectivity index (χ0n) is 15.7. The van der Waals surface area contributed by atoms with Crippen LogP contribution in [0.3, 0.4) is 0 Å². The van der Waals surface area contributed by atoms with Gasteiger partial charge < -0.3 is 15.0 Å². The summed E-state index contributed by atoms with van der Waals surface area (Å²) in [6.07, 6.45) is 2.47. The highest BCUT2D eigenvalue weighted by atomic mass is 35.5. The van der Waals surface area contributed by atoms with Crippen LogP contribution in [0.2, 0.25) is 5.02 Å². The maximum atomic E-state index is 12.6. The Morgan fingerprint density at radius 2 is 2.04 bits per heavy atom. The lowest BCUT2D eigenvalue weighted by Crippen LogP contribution is -2.45. The van der Waals surface area contributed by atoms with E-state index in [4.69, 9.17) is 16.3 Å². The van der Waals surface area contributed by atoms with Gasteiger partial charge in [0.25, 0.3) is 5.91 Å². The first-order valence-electron chi connectivity index (χ1n) is 9.37. The van der Waals surface area contributed by atoms with Gasteiger partial charge in [-0.2, -0.15) is 0 Å². The van der Waals surface area contributed by atoms with Gasteiger partial charge in [-0.1, -0.05) is 25.4 Å². The van der Waals surface area contributed by atoms with Gasteiger partial charge in [-0.05, 0) is 49.4 Å². The number of likely N-dealkylation sites (tertiary alicyclic amines) is 1. The van der Waals surface area contributed by atoms with E-state index in [1.54, 1.807) is 29.2 Å². The molecule has 5 nitrogen and oxygen atoms in total. The molecule has 1 N–H and O–H groups in total. The lowest BCUT2D eigenvalue weighted by atomic mass is 9.96. The Bertz CT molecular complexity index is 589. The molecule has 0 saturated carbocycles. The highest BCUT2D eigenvalue weighted by Crippen LogP contribution is 2.19. The summed E-state index contributed by atoms with van der Waals surface area (Å²) in [4.78, 5) is 26.7. The fourth-order valence-corrected chi connectivity index (χ4v) is 3.13. The SMILES string of the molecule is CC(C)COCCCNC(=O)C1CCCN(C(=O)c2ccc(Cl)cc2)C1. The van der Waals surface area contributed by atoms with Crippen LogP contribution in [0.15, 0.2) is 24.3 Å². The fraction of sp³-hybridized carbons (Fsp3) is 0.600. The molecule has 1 atom stereocenters. The van der Waals surface area contributed by atoms with Gasteiger partial charge in [-0.15, -0.1) is 0 Å². The normalized spacial score (nSPS) is 17.4. The Labute approximate surface area is 161 Å². The molecule has 0 radical (unpaired) electrons. The maximum absolute atomic E-state index is 12.6. The number of ether oxygens (including phenoxy) is 1. The van der Waals surface area contributed by atoms with Crippen molar-refractivity contribution >= 4 is 23.4 Å². The van der Waals surface area contributed by atoms with Crippen molar-refractivity contribution < 1.29 is 14.3 Å². The third-order valence-corrected chi connectivity index (χ3v) is 4.64. The standard InChI is InChI=1S/C20H29ClN2O3/c1-15(2)14-26-12-4-10-22-19(24)17-5-3-11-23(13-17)20(25)16-6-8-18(21)9-7-16/h6-9,15,17H,3-5,10-14H2,1-2H3,(H,22,24). The third-order valence-electron chi connectivity index (χ3n) is 4.39. The molecule has 1 aromatic rings. The molecule has 2 rings (SSSR count). The van der Waals surface area contributed by atoms with Crippen LogP contribution < -0.4 is 5.32 Å². The lowest BCUT2D eigenvalue weighted by Gasteiger charge is -2.32. The van der Waals surface area contributed by atoms with Crippen LogP contribution in [0, 0.1) is 11.8 Å². The number of carbonyl (C=O) groups is 2. The molecule has 1 aliphatic heterocycles. The molecule has 0 aliphatic carbocycles. The van der Waals surface area contributed by atoms with Gasteiger partial charge in [-0.3, -0.25) is 9.59 Å². The highest BCUT2D eigenvalue weighted by molar-refractivity contribution is 6.30. The number of rotatable bonds is 8. The Morgan fingerprint density at radius 3 is 2.73 bits per heavy atom. The fourth-order valence-electron chi connectivity index (χ4n) is 3.00. The van der Waals surface area contributed by atoms with Crippen molar-refractivity contribution in [3.8, 4) is 0 Å². The van der Waals surface area contributed by atoms with Crippen LogP contribution in [0.25, 0.3) is 0 Å². The Balaban J connectivity index is 1.75. The molecule has 1 heterocycles. The van der Waals surface area contributed by atoms with Crippen LogP contribution in [0.1, 0.15) is 43.5 Å². The predicted octanol–water partition coefficient (Wildman–Crippen LogP) is 3.37. The van der Waals surface area contributed by atoms with E-state index >= 15 is 0 Å². The van der Waals surface area contributed by atoms with Gasteiger partial charge in [0.1, 0.15) is 0 Å². The van der Waals surface area contributed by atoms with Crippen molar-refractivity contribution in [1.29, 1.82) is 0 Å². The average molecular weight is 381 g/mol. The summed E-state index contributed by atoms with van der Waals surface area (Å²) >= 11 is 5.88. The van der Waals surface area contributed by atoms with Gasteiger partial charge in [0.15, 0.2) is 0 Å². The number of hydrogen-bond acceptors (Lipinski definition) is 3. The molecule has 144 valence electrons. The van der Waals surface area contributed by atoms with E-state index in [1.807, 2.05) is 0 Å². The minimum Gasteiger partial charge on any atom is -0.381 e. The summed E-state index contributed by atoms with van der Waals surface area (Å²) in [5.74, 6) is 0.372. The second kappa shape index (κ2) is 10.5. The largest absolute Gasteiger partial charge is 0.381 e. The molecule has 1 fully saturated rings. The number of carbonyl (C=O) groups excluding carboxylic acids is 2. The van der Waals surface area contributed by atoms with Crippen molar-refractivity contribution in [2.24, 2.45) is 11.8 Å². The number of nitrogens with zero attached hydrogens (tertiary/aromatic N) is 1. The van der Waals surface area contributed by atoms with Crippen LogP contribution in [0.5, 0.6) is 0 Å². The Hall–Kier alpha value is -1.59. The molecule has 26 heavy (non-hydrogen) atoms. The number of nitrogens with one attached hydrogen (secondary N) is 1. The summed E-state index contributed by atoms with van der Waals surface area (Å²) in [5.41, 5.74) is 0.609.